The second-order valence-electron chi connectivity index (χ2n) is 6.69. The van der Waals surface area contributed by atoms with Crippen molar-refractivity contribution in [2.24, 2.45) is 17.6 Å². The van der Waals surface area contributed by atoms with Gasteiger partial charge in [0.2, 0.25) is 0 Å². The van der Waals surface area contributed by atoms with Gasteiger partial charge in [0.25, 0.3) is 0 Å². The van der Waals surface area contributed by atoms with Crippen LogP contribution < -0.4 is 5.73 Å². The largest absolute Gasteiger partial charge is 0.325 e. The highest BCUT2D eigenvalue weighted by Gasteiger charge is 2.31. The number of nitrogens with two attached hydrogens (primary N) is 1. The average Bonchev–Trinajstić information content (AvgIpc) is 2.57. The van der Waals surface area contributed by atoms with Gasteiger partial charge in [0.1, 0.15) is 0 Å². The molecular formula is C17H25F2N. The lowest BCUT2D eigenvalue weighted by Crippen LogP contribution is -2.41. The summed E-state index contributed by atoms with van der Waals surface area (Å²) in [4.78, 5) is 0. The minimum atomic E-state index is -0.778. The van der Waals surface area contributed by atoms with E-state index in [9.17, 15) is 8.78 Å². The Kier molecular flexibility index (Phi) is 4.79. The van der Waals surface area contributed by atoms with Crippen LogP contribution in [0.4, 0.5) is 8.78 Å². The molecule has 0 radical (unpaired) electrons. The van der Waals surface area contributed by atoms with Gasteiger partial charge in [-0.15, -0.1) is 0 Å². The van der Waals surface area contributed by atoms with Crippen molar-refractivity contribution < 1.29 is 8.78 Å². The van der Waals surface area contributed by atoms with E-state index in [1.807, 2.05) is 0 Å². The van der Waals surface area contributed by atoms with Gasteiger partial charge in [0, 0.05) is 5.54 Å². The quantitative estimate of drug-likeness (QED) is 0.814. The van der Waals surface area contributed by atoms with Crippen molar-refractivity contribution in [2.75, 3.05) is 0 Å². The topological polar surface area (TPSA) is 26.0 Å². The summed E-state index contributed by atoms with van der Waals surface area (Å²) < 4.78 is 27.1. The maximum Gasteiger partial charge on any atom is 0.162 e. The minimum absolute atomic E-state index is 0.391. The maximum atomic E-state index is 13.8. The zero-order chi connectivity index (χ0) is 14.8. The Morgan fingerprint density at radius 2 is 2.00 bits per heavy atom. The molecule has 0 aromatic heterocycles. The Labute approximate surface area is 120 Å². The van der Waals surface area contributed by atoms with Gasteiger partial charge < -0.3 is 5.73 Å². The minimum Gasteiger partial charge on any atom is -0.325 e. The van der Waals surface area contributed by atoms with E-state index < -0.39 is 17.2 Å². The number of hydrogen-bond acceptors (Lipinski definition) is 1. The summed E-state index contributed by atoms with van der Waals surface area (Å²) in [6.07, 6.45) is 5.59. The third-order valence-corrected chi connectivity index (χ3v) is 4.78. The Morgan fingerprint density at radius 3 is 2.70 bits per heavy atom. The number of halogens is 2. The average molecular weight is 281 g/mol. The van der Waals surface area contributed by atoms with Crippen LogP contribution in [0, 0.1) is 23.5 Å². The molecule has 0 amide bonds. The van der Waals surface area contributed by atoms with E-state index in [0.717, 1.165) is 31.7 Å². The molecule has 1 fully saturated rings. The van der Waals surface area contributed by atoms with Crippen LogP contribution >= 0.6 is 0 Å². The second-order valence-corrected chi connectivity index (χ2v) is 6.69. The third-order valence-electron chi connectivity index (χ3n) is 4.78. The van der Waals surface area contributed by atoms with Crippen LogP contribution in [0.25, 0.3) is 0 Å². The first-order chi connectivity index (χ1) is 9.41. The van der Waals surface area contributed by atoms with E-state index in [0.29, 0.717) is 23.8 Å². The summed E-state index contributed by atoms with van der Waals surface area (Å²) >= 11 is 0. The van der Waals surface area contributed by atoms with E-state index in [1.165, 1.54) is 6.42 Å². The van der Waals surface area contributed by atoms with Gasteiger partial charge in [0.05, 0.1) is 0 Å². The Morgan fingerprint density at radius 1 is 1.25 bits per heavy atom. The van der Waals surface area contributed by atoms with Crippen molar-refractivity contribution >= 4 is 0 Å². The first-order valence-electron chi connectivity index (χ1n) is 7.63. The van der Waals surface area contributed by atoms with Gasteiger partial charge in [-0.3, -0.25) is 0 Å². The van der Waals surface area contributed by atoms with Crippen LogP contribution in [-0.4, -0.2) is 5.54 Å². The summed E-state index contributed by atoms with van der Waals surface area (Å²) in [5.74, 6) is -0.136. The van der Waals surface area contributed by atoms with Crippen LogP contribution in [-0.2, 0) is 6.42 Å². The summed E-state index contributed by atoms with van der Waals surface area (Å²) in [5, 5.41) is 0. The standard InChI is InChI=1S/C17H25F2N/c1-12(2)13-6-4-9-17(20,10-8-13)11-14-5-3-7-15(18)16(14)19/h3,5,7,12-13H,4,6,8-11,20H2,1-2H3. The normalized spacial score (nSPS) is 27.6. The molecule has 1 aromatic carbocycles. The summed E-state index contributed by atoms with van der Waals surface area (Å²) in [5.41, 5.74) is 6.51. The Hall–Kier alpha value is -0.960. The highest BCUT2D eigenvalue weighted by Crippen LogP contribution is 2.34. The molecule has 2 atom stereocenters. The van der Waals surface area contributed by atoms with Gasteiger partial charge in [-0.2, -0.15) is 0 Å². The fraction of sp³-hybridized carbons (Fsp3) is 0.647. The van der Waals surface area contributed by atoms with Crippen molar-refractivity contribution in [3.8, 4) is 0 Å². The van der Waals surface area contributed by atoms with E-state index in [-0.39, 0.29) is 0 Å². The fourth-order valence-corrected chi connectivity index (χ4v) is 3.37. The summed E-state index contributed by atoms with van der Waals surface area (Å²) in [6.45, 7) is 4.50. The molecule has 3 heteroatoms. The lowest BCUT2D eigenvalue weighted by molar-refractivity contribution is 0.319. The molecule has 20 heavy (non-hydrogen) atoms. The highest BCUT2D eigenvalue weighted by atomic mass is 19.2. The lowest BCUT2D eigenvalue weighted by Gasteiger charge is -2.29. The molecule has 1 saturated carbocycles. The molecule has 0 saturated heterocycles. The Balaban J connectivity index is 2.09. The molecule has 1 aliphatic rings. The second kappa shape index (κ2) is 6.21. The van der Waals surface area contributed by atoms with Crippen molar-refractivity contribution in [3.05, 3.63) is 35.4 Å². The van der Waals surface area contributed by atoms with E-state index in [1.54, 1.807) is 12.1 Å². The highest BCUT2D eigenvalue weighted by molar-refractivity contribution is 5.21. The molecule has 112 valence electrons. The van der Waals surface area contributed by atoms with Crippen LogP contribution in [0.15, 0.2) is 18.2 Å². The van der Waals surface area contributed by atoms with Crippen LogP contribution in [0.5, 0.6) is 0 Å². The van der Waals surface area contributed by atoms with E-state index in [4.69, 9.17) is 5.73 Å². The third kappa shape index (κ3) is 3.57. The number of rotatable bonds is 3. The molecule has 0 aliphatic heterocycles. The van der Waals surface area contributed by atoms with Crippen molar-refractivity contribution in [2.45, 2.75) is 57.9 Å². The van der Waals surface area contributed by atoms with Gasteiger partial charge in [-0.25, -0.2) is 8.78 Å². The predicted octanol–water partition coefficient (Wildman–Crippen LogP) is 4.44. The SMILES string of the molecule is CC(C)C1CCCC(N)(Cc2cccc(F)c2F)CC1. The Bertz CT molecular complexity index is 458. The maximum absolute atomic E-state index is 13.8. The van der Waals surface area contributed by atoms with Crippen molar-refractivity contribution in [3.63, 3.8) is 0 Å². The van der Waals surface area contributed by atoms with Crippen molar-refractivity contribution in [1.82, 2.24) is 0 Å². The lowest BCUT2D eigenvalue weighted by atomic mass is 9.83. The fourth-order valence-electron chi connectivity index (χ4n) is 3.37. The predicted molar refractivity (Wildman–Crippen MR) is 78.4 cm³/mol. The molecule has 2 rings (SSSR count). The molecule has 1 aliphatic carbocycles. The number of hydrogen-bond donors (Lipinski definition) is 1. The van der Waals surface area contributed by atoms with E-state index in [2.05, 4.69) is 13.8 Å². The molecule has 1 aromatic rings. The molecule has 2 unspecified atom stereocenters. The van der Waals surface area contributed by atoms with Crippen LogP contribution in [0.3, 0.4) is 0 Å². The molecule has 1 nitrogen and oxygen atoms in total. The monoisotopic (exact) mass is 281 g/mol. The van der Waals surface area contributed by atoms with Crippen LogP contribution in [0.2, 0.25) is 0 Å². The summed E-state index contributed by atoms with van der Waals surface area (Å²) in [6, 6.07) is 4.37. The first-order valence-corrected chi connectivity index (χ1v) is 7.63. The van der Waals surface area contributed by atoms with Crippen molar-refractivity contribution in [1.29, 1.82) is 0 Å². The van der Waals surface area contributed by atoms with E-state index >= 15 is 0 Å². The molecule has 0 bridgehead atoms. The van der Waals surface area contributed by atoms with Crippen LogP contribution in [0.1, 0.15) is 51.5 Å². The molecular weight excluding hydrogens is 256 g/mol. The van der Waals surface area contributed by atoms with Gasteiger partial charge in [0.15, 0.2) is 11.6 Å². The van der Waals surface area contributed by atoms with Gasteiger partial charge in [-0.05, 0) is 49.1 Å². The first kappa shape index (κ1) is 15.4. The van der Waals surface area contributed by atoms with Gasteiger partial charge in [-0.1, -0.05) is 38.8 Å². The zero-order valence-electron chi connectivity index (χ0n) is 12.5. The molecule has 2 N–H and O–H groups in total. The molecule has 0 heterocycles. The number of benzene rings is 1. The molecule has 0 spiro atoms. The van der Waals surface area contributed by atoms with Gasteiger partial charge >= 0.3 is 0 Å². The smallest absolute Gasteiger partial charge is 0.162 e. The summed E-state index contributed by atoms with van der Waals surface area (Å²) in [7, 11) is 0. The zero-order valence-corrected chi connectivity index (χ0v) is 12.5.